The van der Waals surface area contributed by atoms with Gasteiger partial charge in [0, 0.05) is 68.4 Å². The standard InChI is InChI=1S/C49H54N8O9/c1-5-32-34-20-30(10-13-39(34)50-43-36(32)26-56-40(43)22-38-37(45(56)60)27-66-46(61)49(38,65)6-2)25-55(48(63)64)15-7-14-53-16-18-54(19-17-53)24-29-8-11-31(12-9-29)57-44(51-52-47(57)62)35-21-33(28(3)4)41(58)23-42(35)59/h8-13,20-23,28,58-59,65H,5-7,14-19,24-27H2,1-4H3,(H,52,62)(H,63,64)/t49-/m0/s1. The predicted molar refractivity (Wildman–Crippen MR) is 245 cm³/mol. The number of pyridine rings is 2. The molecule has 3 aromatic carbocycles. The zero-order valence-corrected chi connectivity index (χ0v) is 37.5. The van der Waals surface area contributed by atoms with Crippen molar-refractivity contribution in [2.45, 2.75) is 84.7 Å². The number of nitrogens with zero attached hydrogens (tertiary/aromatic N) is 8. The van der Waals surface area contributed by atoms with E-state index in [4.69, 9.17) is 9.72 Å². The Morgan fingerprint density at radius 2 is 1.62 bits per heavy atom. The SMILES string of the molecule is CCc1c2c(nc3ccc(CN(CCCN4CCN(Cc5ccc(-n6c(O)nnc6-c6cc(C(C)C)c(O)cc6O)cc5)CC4)C(=O)O)cc13)-c1cc3c(c(=O)n1C2)COC(=O)[C@]3(O)CC. The van der Waals surface area contributed by atoms with E-state index in [2.05, 4.69) is 20.0 Å². The Hall–Kier alpha value is -6.82. The summed E-state index contributed by atoms with van der Waals surface area (Å²) < 4.78 is 8.32. The molecule has 0 unspecified atom stereocenters. The van der Waals surface area contributed by atoms with Crippen LogP contribution >= 0.6 is 0 Å². The van der Waals surface area contributed by atoms with Gasteiger partial charge in [0.25, 0.3) is 5.56 Å². The fourth-order valence-corrected chi connectivity index (χ4v) is 9.76. The second kappa shape index (κ2) is 17.5. The van der Waals surface area contributed by atoms with Gasteiger partial charge in [0.2, 0.25) is 0 Å². The number of amides is 1. The van der Waals surface area contributed by atoms with Gasteiger partial charge in [-0.15, -0.1) is 5.10 Å². The van der Waals surface area contributed by atoms with Crippen molar-refractivity contribution in [1.82, 2.24) is 39.0 Å². The molecule has 344 valence electrons. The lowest BCUT2D eigenvalue weighted by Gasteiger charge is -2.35. The van der Waals surface area contributed by atoms with Gasteiger partial charge >= 0.3 is 18.1 Å². The molecule has 9 rings (SSSR count). The molecule has 0 aliphatic carbocycles. The first-order chi connectivity index (χ1) is 31.7. The number of aliphatic hydroxyl groups is 1. The molecule has 0 radical (unpaired) electrons. The molecule has 5 N–H and O–H groups in total. The van der Waals surface area contributed by atoms with Crippen molar-refractivity contribution >= 4 is 23.0 Å². The Morgan fingerprint density at radius 1 is 0.894 bits per heavy atom. The van der Waals surface area contributed by atoms with Gasteiger partial charge in [-0.1, -0.05) is 51.0 Å². The molecule has 1 fully saturated rings. The van der Waals surface area contributed by atoms with Crippen LogP contribution < -0.4 is 5.56 Å². The minimum absolute atomic E-state index is 0.00764. The summed E-state index contributed by atoms with van der Waals surface area (Å²) in [6, 6.07) is 17.9. The van der Waals surface area contributed by atoms with Gasteiger partial charge in [0.05, 0.1) is 40.3 Å². The highest BCUT2D eigenvalue weighted by Gasteiger charge is 2.45. The maximum absolute atomic E-state index is 13.8. The number of rotatable bonds is 13. The number of carboxylic acid groups (broad SMARTS) is 1. The lowest BCUT2D eigenvalue weighted by Crippen LogP contribution is -2.46. The number of phenolic OH excluding ortho intramolecular Hbond substituents is 2. The average molecular weight is 899 g/mol. The van der Waals surface area contributed by atoms with Gasteiger partial charge in [0.15, 0.2) is 11.4 Å². The molecule has 1 saturated heterocycles. The molecular formula is C49H54N8O9. The van der Waals surface area contributed by atoms with Crippen LogP contribution in [0.15, 0.2) is 65.5 Å². The van der Waals surface area contributed by atoms with Crippen molar-refractivity contribution in [3.05, 3.63) is 110 Å². The quantitative estimate of drug-likeness (QED) is 0.0862. The van der Waals surface area contributed by atoms with E-state index in [1.165, 1.54) is 15.5 Å². The number of piperazine rings is 1. The van der Waals surface area contributed by atoms with Crippen LogP contribution in [0.5, 0.6) is 17.5 Å². The maximum Gasteiger partial charge on any atom is 0.407 e. The lowest BCUT2D eigenvalue weighted by atomic mass is 9.86. The molecule has 17 nitrogen and oxygen atoms in total. The van der Waals surface area contributed by atoms with Crippen LogP contribution in [-0.4, -0.2) is 116 Å². The first-order valence-corrected chi connectivity index (χ1v) is 22.5. The van der Waals surface area contributed by atoms with E-state index in [1.54, 1.807) is 23.6 Å². The minimum atomic E-state index is -1.91. The highest BCUT2D eigenvalue weighted by Crippen LogP contribution is 2.41. The van der Waals surface area contributed by atoms with Gasteiger partial charge in [-0.25, -0.2) is 19.1 Å². The Labute approximate surface area is 380 Å². The number of esters is 1. The van der Waals surface area contributed by atoms with Crippen molar-refractivity contribution in [3.8, 4) is 46.0 Å². The number of cyclic esters (lactones) is 1. The Balaban J connectivity index is 0.809. The summed E-state index contributed by atoms with van der Waals surface area (Å²) in [7, 11) is 0. The first-order valence-electron chi connectivity index (χ1n) is 22.5. The molecule has 6 aromatic rings. The van der Waals surface area contributed by atoms with Crippen LogP contribution in [0.3, 0.4) is 0 Å². The number of carbonyl (C=O) groups is 2. The summed E-state index contributed by atoms with van der Waals surface area (Å²) in [5.41, 5.74) is 5.69. The van der Waals surface area contributed by atoms with E-state index < -0.39 is 17.7 Å². The highest BCUT2D eigenvalue weighted by atomic mass is 16.6. The molecular weight excluding hydrogens is 845 g/mol. The average Bonchev–Trinajstić information content (AvgIpc) is 3.87. The second-order valence-electron chi connectivity index (χ2n) is 17.8. The molecule has 66 heavy (non-hydrogen) atoms. The zero-order valence-electron chi connectivity index (χ0n) is 37.5. The second-order valence-corrected chi connectivity index (χ2v) is 17.8. The summed E-state index contributed by atoms with van der Waals surface area (Å²) in [5, 5.41) is 62.1. The number of carbonyl (C=O) groups excluding carboxylic acids is 1. The van der Waals surface area contributed by atoms with Crippen molar-refractivity contribution in [3.63, 3.8) is 0 Å². The summed E-state index contributed by atoms with van der Waals surface area (Å²) >= 11 is 0. The zero-order chi connectivity index (χ0) is 46.6. The van der Waals surface area contributed by atoms with Crippen LogP contribution in [0.2, 0.25) is 0 Å². The van der Waals surface area contributed by atoms with Crippen LogP contribution in [0, 0.1) is 0 Å². The number of ether oxygens (including phenoxy) is 1. The smallest absolute Gasteiger partial charge is 0.407 e. The van der Waals surface area contributed by atoms with Crippen molar-refractivity contribution < 1.29 is 39.9 Å². The molecule has 1 atom stereocenters. The van der Waals surface area contributed by atoms with Gasteiger partial charge in [-0.2, -0.15) is 0 Å². The van der Waals surface area contributed by atoms with Gasteiger partial charge < -0.3 is 44.6 Å². The number of benzene rings is 3. The number of aromatic nitrogens is 5. The highest BCUT2D eigenvalue weighted by molar-refractivity contribution is 5.89. The maximum atomic E-state index is 13.8. The molecule has 3 aliphatic heterocycles. The van der Waals surface area contributed by atoms with Crippen LogP contribution in [0.1, 0.15) is 85.4 Å². The molecule has 17 heteroatoms. The number of fused-ring (bicyclic) bond motifs is 5. The lowest BCUT2D eigenvalue weighted by molar-refractivity contribution is -0.172. The van der Waals surface area contributed by atoms with E-state index in [1.807, 2.05) is 63.2 Å². The molecule has 6 heterocycles. The molecule has 3 aliphatic rings. The molecule has 1 amide bonds. The normalized spacial score (nSPS) is 17.2. The van der Waals surface area contributed by atoms with Crippen LogP contribution in [0.4, 0.5) is 4.79 Å². The molecule has 0 spiro atoms. The first kappa shape index (κ1) is 44.4. The summed E-state index contributed by atoms with van der Waals surface area (Å²) in [6.07, 6.45) is 0.405. The van der Waals surface area contributed by atoms with Gasteiger partial charge in [0.1, 0.15) is 18.1 Å². The van der Waals surface area contributed by atoms with E-state index in [0.717, 1.165) is 66.9 Å². The topological polar surface area (TPSA) is 220 Å². The molecule has 0 bridgehead atoms. The van der Waals surface area contributed by atoms with Gasteiger partial charge in [-0.05, 0) is 90.4 Å². The Kier molecular flexibility index (Phi) is 11.8. The third-order valence-corrected chi connectivity index (χ3v) is 13.5. The largest absolute Gasteiger partial charge is 0.508 e. The minimum Gasteiger partial charge on any atom is -0.508 e. The number of aryl methyl sites for hydroxylation is 1. The van der Waals surface area contributed by atoms with Crippen LogP contribution in [-0.2, 0) is 47.8 Å². The number of hydrogen-bond donors (Lipinski definition) is 5. The summed E-state index contributed by atoms with van der Waals surface area (Å²) in [5.74, 6) is -0.708. The summed E-state index contributed by atoms with van der Waals surface area (Å²) in [4.78, 5) is 50.1. The third kappa shape index (κ3) is 7.90. The van der Waals surface area contributed by atoms with Crippen molar-refractivity contribution in [2.24, 2.45) is 0 Å². The monoisotopic (exact) mass is 898 g/mol. The number of hydrogen-bond acceptors (Lipinski definition) is 13. The Bertz CT molecular complexity index is 2940. The predicted octanol–water partition coefficient (Wildman–Crippen LogP) is 5.82. The fourth-order valence-electron chi connectivity index (χ4n) is 9.76. The third-order valence-electron chi connectivity index (χ3n) is 13.5. The van der Waals surface area contributed by atoms with Crippen LogP contribution in [0.25, 0.3) is 39.4 Å². The Morgan fingerprint density at radius 3 is 2.32 bits per heavy atom. The van der Waals surface area contributed by atoms with Gasteiger partial charge in [-0.3, -0.25) is 9.69 Å². The van der Waals surface area contributed by atoms with Crippen molar-refractivity contribution in [2.75, 3.05) is 39.3 Å². The van der Waals surface area contributed by atoms with Crippen molar-refractivity contribution in [1.29, 1.82) is 0 Å². The van der Waals surface area contributed by atoms with E-state index in [9.17, 15) is 39.9 Å². The van der Waals surface area contributed by atoms with E-state index >= 15 is 0 Å². The summed E-state index contributed by atoms with van der Waals surface area (Å²) in [6.45, 7) is 13.2. The number of aromatic hydroxyl groups is 3. The van der Waals surface area contributed by atoms with E-state index in [0.29, 0.717) is 59.7 Å². The fraction of sp³-hybridized carbons (Fsp3) is 0.388. The van der Waals surface area contributed by atoms with E-state index in [-0.39, 0.29) is 65.5 Å². The molecule has 0 saturated carbocycles. The number of phenols is 2. The molecule has 3 aromatic heterocycles.